The van der Waals surface area contributed by atoms with E-state index in [0.717, 1.165) is 42.9 Å². The van der Waals surface area contributed by atoms with Crippen molar-refractivity contribution in [2.75, 3.05) is 6.54 Å². The lowest BCUT2D eigenvalue weighted by atomic mass is 10.0. The van der Waals surface area contributed by atoms with E-state index >= 15 is 0 Å². The van der Waals surface area contributed by atoms with Crippen molar-refractivity contribution in [3.05, 3.63) is 34.1 Å². The molecule has 2 unspecified atom stereocenters. The summed E-state index contributed by atoms with van der Waals surface area (Å²) in [6.45, 7) is 4.94. The van der Waals surface area contributed by atoms with Crippen molar-refractivity contribution >= 4 is 17.2 Å². The van der Waals surface area contributed by atoms with Crippen LogP contribution in [0.25, 0.3) is 0 Å². The Morgan fingerprint density at radius 1 is 1.55 bits per heavy atom. The topological polar surface area (TPSA) is 59.2 Å². The van der Waals surface area contributed by atoms with Gasteiger partial charge in [-0.05, 0) is 37.1 Å². The van der Waals surface area contributed by atoms with Crippen LogP contribution in [0, 0.1) is 0 Å². The Balaban J connectivity index is 1.83. The largest absolute Gasteiger partial charge is 0.337 e. The van der Waals surface area contributed by atoms with Gasteiger partial charge in [-0.2, -0.15) is 4.98 Å². The first-order valence-corrected chi connectivity index (χ1v) is 8.76. The first-order chi connectivity index (χ1) is 10.7. The fourth-order valence-electron chi connectivity index (χ4n) is 2.74. The number of nitrogens with zero attached hydrogens (tertiary/aromatic N) is 3. The van der Waals surface area contributed by atoms with Crippen molar-refractivity contribution in [2.24, 2.45) is 0 Å². The summed E-state index contributed by atoms with van der Waals surface area (Å²) in [5, 5.41) is 6.03. The lowest BCUT2D eigenvalue weighted by Crippen LogP contribution is -2.38. The van der Waals surface area contributed by atoms with Gasteiger partial charge in [0, 0.05) is 12.5 Å². The molecule has 1 fully saturated rings. The summed E-state index contributed by atoms with van der Waals surface area (Å²) in [5.41, 5.74) is 0. The second kappa shape index (κ2) is 6.60. The number of thiophene rings is 1. The SMILES string of the molecule is CCC(C)c1noc(C2CCCCN2C(=O)c2cccs2)n1. The normalized spacial score (nSPS) is 20.1. The van der Waals surface area contributed by atoms with Crippen LogP contribution in [-0.2, 0) is 0 Å². The van der Waals surface area contributed by atoms with Crippen molar-refractivity contribution in [2.45, 2.75) is 51.5 Å². The van der Waals surface area contributed by atoms with E-state index in [4.69, 9.17) is 4.52 Å². The zero-order valence-corrected chi connectivity index (χ0v) is 13.8. The maximum Gasteiger partial charge on any atom is 0.264 e. The van der Waals surface area contributed by atoms with Crippen molar-refractivity contribution in [3.63, 3.8) is 0 Å². The number of aromatic nitrogens is 2. The summed E-state index contributed by atoms with van der Waals surface area (Å²) in [7, 11) is 0. The molecule has 3 heterocycles. The Labute approximate surface area is 134 Å². The maximum absolute atomic E-state index is 12.7. The van der Waals surface area contributed by atoms with Crippen molar-refractivity contribution in [3.8, 4) is 0 Å². The van der Waals surface area contributed by atoms with E-state index in [-0.39, 0.29) is 17.9 Å². The highest BCUT2D eigenvalue weighted by Gasteiger charge is 2.33. The molecule has 0 radical (unpaired) electrons. The monoisotopic (exact) mass is 319 g/mol. The molecule has 1 amide bonds. The summed E-state index contributed by atoms with van der Waals surface area (Å²) in [6, 6.07) is 3.69. The number of rotatable bonds is 4. The van der Waals surface area contributed by atoms with Crippen LogP contribution in [0.3, 0.4) is 0 Å². The summed E-state index contributed by atoms with van der Waals surface area (Å²) < 4.78 is 5.47. The van der Waals surface area contributed by atoms with Crippen LogP contribution in [-0.4, -0.2) is 27.5 Å². The summed E-state index contributed by atoms with van der Waals surface area (Å²) in [5.74, 6) is 1.68. The molecule has 0 bridgehead atoms. The third-order valence-electron chi connectivity index (χ3n) is 4.29. The molecular weight excluding hydrogens is 298 g/mol. The van der Waals surface area contributed by atoms with Crippen molar-refractivity contribution < 1.29 is 9.32 Å². The average Bonchev–Trinajstić information content (AvgIpc) is 3.25. The predicted octanol–water partition coefficient (Wildman–Crippen LogP) is 4.01. The lowest BCUT2D eigenvalue weighted by Gasteiger charge is -2.33. The standard InChI is InChI=1S/C16H21N3O2S/c1-3-11(2)14-17-15(21-18-14)12-7-4-5-9-19(12)16(20)13-8-6-10-22-13/h6,8,10-12H,3-5,7,9H2,1-2H3. The minimum absolute atomic E-state index is 0.0722. The Kier molecular flexibility index (Phi) is 4.57. The van der Waals surface area contributed by atoms with Gasteiger partial charge >= 0.3 is 0 Å². The van der Waals surface area contributed by atoms with Crippen molar-refractivity contribution in [1.82, 2.24) is 15.0 Å². The Bertz CT molecular complexity index is 623. The van der Waals surface area contributed by atoms with Crippen LogP contribution >= 0.6 is 11.3 Å². The third-order valence-corrected chi connectivity index (χ3v) is 5.15. The minimum atomic E-state index is -0.0892. The zero-order chi connectivity index (χ0) is 15.5. The van der Waals surface area contributed by atoms with Gasteiger partial charge in [-0.3, -0.25) is 4.79 Å². The molecule has 0 aromatic carbocycles. The van der Waals surface area contributed by atoms with Gasteiger partial charge < -0.3 is 9.42 Å². The fraction of sp³-hybridized carbons (Fsp3) is 0.562. The molecule has 6 heteroatoms. The van der Waals surface area contributed by atoms with E-state index in [1.807, 2.05) is 22.4 Å². The predicted molar refractivity (Wildman–Crippen MR) is 85.0 cm³/mol. The Morgan fingerprint density at radius 3 is 3.14 bits per heavy atom. The highest BCUT2D eigenvalue weighted by Crippen LogP contribution is 2.32. The average molecular weight is 319 g/mol. The van der Waals surface area contributed by atoms with Crippen LogP contribution in [0.5, 0.6) is 0 Å². The molecule has 2 aromatic rings. The molecule has 1 aliphatic heterocycles. The quantitative estimate of drug-likeness (QED) is 0.854. The van der Waals surface area contributed by atoms with Crippen molar-refractivity contribution in [1.29, 1.82) is 0 Å². The number of piperidine rings is 1. The first-order valence-electron chi connectivity index (χ1n) is 7.88. The summed E-state index contributed by atoms with van der Waals surface area (Å²) in [6.07, 6.45) is 3.97. The van der Waals surface area contributed by atoms with Gasteiger partial charge in [0.05, 0.1) is 4.88 Å². The van der Waals surface area contributed by atoms with Gasteiger partial charge in [0.25, 0.3) is 5.91 Å². The molecule has 1 saturated heterocycles. The summed E-state index contributed by atoms with van der Waals surface area (Å²) in [4.78, 5) is 19.9. The number of hydrogen-bond acceptors (Lipinski definition) is 5. The van der Waals surface area contributed by atoms with Gasteiger partial charge in [-0.15, -0.1) is 11.3 Å². The second-order valence-corrected chi connectivity index (χ2v) is 6.74. The second-order valence-electron chi connectivity index (χ2n) is 5.79. The molecule has 2 atom stereocenters. The van der Waals surface area contributed by atoms with Gasteiger partial charge in [-0.25, -0.2) is 0 Å². The van der Waals surface area contributed by atoms with Gasteiger partial charge in [-0.1, -0.05) is 25.1 Å². The van der Waals surface area contributed by atoms with Gasteiger partial charge in [0.2, 0.25) is 5.89 Å². The van der Waals surface area contributed by atoms with E-state index in [1.54, 1.807) is 0 Å². The molecule has 0 aliphatic carbocycles. The highest BCUT2D eigenvalue weighted by molar-refractivity contribution is 7.12. The number of amides is 1. The smallest absolute Gasteiger partial charge is 0.264 e. The van der Waals surface area contributed by atoms with E-state index in [9.17, 15) is 4.79 Å². The highest BCUT2D eigenvalue weighted by atomic mass is 32.1. The van der Waals surface area contributed by atoms with E-state index < -0.39 is 0 Å². The molecule has 118 valence electrons. The third kappa shape index (κ3) is 2.92. The molecule has 1 aliphatic rings. The Morgan fingerprint density at radius 2 is 2.41 bits per heavy atom. The molecule has 0 saturated carbocycles. The molecular formula is C16H21N3O2S. The van der Waals surface area contributed by atoms with Crippen LogP contribution in [0.15, 0.2) is 22.0 Å². The van der Waals surface area contributed by atoms with Gasteiger partial charge in [0.15, 0.2) is 5.82 Å². The number of likely N-dealkylation sites (tertiary alicyclic amines) is 1. The molecule has 0 spiro atoms. The van der Waals surface area contributed by atoms with Crippen LogP contribution in [0.2, 0.25) is 0 Å². The number of hydrogen-bond donors (Lipinski definition) is 0. The number of carbonyl (C=O) groups is 1. The van der Waals surface area contributed by atoms with Crippen LogP contribution in [0.1, 0.15) is 72.9 Å². The Hall–Kier alpha value is -1.69. The number of carbonyl (C=O) groups excluding carboxylic acids is 1. The molecule has 0 N–H and O–H groups in total. The van der Waals surface area contributed by atoms with E-state index in [2.05, 4.69) is 24.0 Å². The molecule has 5 nitrogen and oxygen atoms in total. The molecule has 3 rings (SSSR count). The summed E-state index contributed by atoms with van der Waals surface area (Å²) >= 11 is 1.48. The molecule has 2 aromatic heterocycles. The minimum Gasteiger partial charge on any atom is -0.337 e. The lowest BCUT2D eigenvalue weighted by molar-refractivity contribution is 0.0566. The fourth-order valence-corrected chi connectivity index (χ4v) is 3.42. The van der Waals surface area contributed by atoms with Crippen LogP contribution < -0.4 is 0 Å². The van der Waals surface area contributed by atoms with Crippen LogP contribution in [0.4, 0.5) is 0 Å². The molecule has 22 heavy (non-hydrogen) atoms. The zero-order valence-electron chi connectivity index (χ0n) is 13.0. The van der Waals surface area contributed by atoms with E-state index in [0.29, 0.717) is 5.89 Å². The van der Waals surface area contributed by atoms with E-state index in [1.165, 1.54) is 11.3 Å². The first kappa shape index (κ1) is 15.2. The van der Waals surface area contributed by atoms with Gasteiger partial charge in [0.1, 0.15) is 6.04 Å². The maximum atomic E-state index is 12.7.